The number of rotatable bonds is 8. The standard InChI is InChI=1S/C25H27FN2O3S/c1-17(2)22-11-7-8-18(3)24(22)27-25(29)23(16-19-9-5-4-6-10-19)28-32(30,31)21-14-12-20(26)13-15-21/h4-15,17,23,28H,16H2,1-3H3,(H,27,29)/t23-/m0/s1. The Morgan fingerprint density at radius 2 is 1.59 bits per heavy atom. The lowest BCUT2D eigenvalue weighted by Crippen LogP contribution is -2.45. The highest BCUT2D eigenvalue weighted by Gasteiger charge is 2.27. The molecule has 1 atom stereocenters. The summed E-state index contributed by atoms with van der Waals surface area (Å²) in [4.78, 5) is 13.2. The molecule has 0 heterocycles. The summed E-state index contributed by atoms with van der Waals surface area (Å²) in [5.74, 6) is -0.826. The molecule has 0 fully saturated rings. The summed E-state index contributed by atoms with van der Waals surface area (Å²) in [7, 11) is -4.05. The van der Waals surface area contributed by atoms with E-state index in [1.165, 1.54) is 12.1 Å². The van der Waals surface area contributed by atoms with Gasteiger partial charge in [-0.3, -0.25) is 4.79 Å². The van der Waals surface area contributed by atoms with Crippen LogP contribution in [0.15, 0.2) is 77.7 Å². The second-order valence-electron chi connectivity index (χ2n) is 8.00. The molecule has 1 amide bonds. The maximum atomic E-state index is 13.3. The molecule has 0 spiro atoms. The van der Waals surface area contributed by atoms with Crippen LogP contribution in [0.25, 0.3) is 0 Å². The number of hydrogen-bond acceptors (Lipinski definition) is 3. The lowest BCUT2D eigenvalue weighted by atomic mass is 9.97. The largest absolute Gasteiger partial charge is 0.324 e. The van der Waals surface area contributed by atoms with Gasteiger partial charge < -0.3 is 5.32 Å². The Morgan fingerprint density at radius 1 is 0.938 bits per heavy atom. The van der Waals surface area contributed by atoms with Gasteiger partial charge in [-0.1, -0.05) is 62.4 Å². The van der Waals surface area contributed by atoms with Gasteiger partial charge in [-0.05, 0) is 60.2 Å². The predicted molar refractivity (Wildman–Crippen MR) is 125 cm³/mol. The van der Waals surface area contributed by atoms with E-state index < -0.39 is 27.8 Å². The highest BCUT2D eigenvalue weighted by Crippen LogP contribution is 2.27. The van der Waals surface area contributed by atoms with Crippen LogP contribution >= 0.6 is 0 Å². The molecule has 32 heavy (non-hydrogen) atoms. The first-order valence-electron chi connectivity index (χ1n) is 10.4. The average molecular weight is 455 g/mol. The summed E-state index contributed by atoms with van der Waals surface area (Å²) < 4.78 is 41.6. The number of benzene rings is 3. The number of nitrogens with one attached hydrogen (secondary N) is 2. The molecule has 3 rings (SSSR count). The number of halogens is 1. The third kappa shape index (κ3) is 5.81. The molecule has 0 aliphatic carbocycles. The van der Waals surface area contributed by atoms with Crippen LogP contribution in [-0.2, 0) is 21.2 Å². The van der Waals surface area contributed by atoms with Crippen molar-refractivity contribution in [2.45, 2.75) is 44.0 Å². The fraction of sp³-hybridized carbons (Fsp3) is 0.240. The molecular formula is C25H27FN2O3S. The Bertz CT molecular complexity index is 1180. The molecule has 5 nitrogen and oxygen atoms in total. The van der Waals surface area contributed by atoms with Gasteiger partial charge >= 0.3 is 0 Å². The van der Waals surface area contributed by atoms with E-state index >= 15 is 0 Å². The second kappa shape index (κ2) is 10.1. The van der Waals surface area contributed by atoms with E-state index in [0.717, 1.165) is 28.8 Å². The van der Waals surface area contributed by atoms with Gasteiger partial charge in [-0.25, -0.2) is 12.8 Å². The van der Waals surface area contributed by atoms with Gasteiger partial charge in [0.05, 0.1) is 4.90 Å². The summed E-state index contributed by atoms with van der Waals surface area (Å²) in [6.45, 7) is 5.96. The van der Waals surface area contributed by atoms with E-state index in [4.69, 9.17) is 0 Å². The molecule has 0 aliphatic rings. The maximum absolute atomic E-state index is 13.3. The van der Waals surface area contributed by atoms with E-state index in [1.807, 2.05) is 69.3 Å². The van der Waals surface area contributed by atoms with Gasteiger partial charge in [0.2, 0.25) is 15.9 Å². The predicted octanol–water partition coefficient (Wildman–Crippen LogP) is 4.79. The third-order valence-electron chi connectivity index (χ3n) is 5.20. The van der Waals surface area contributed by atoms with Crippen molar-refractivity contribution in [3.05, 3.63) is 95.3 Å². The summed E-state index contributed by atoms with van der Waals surface area (Å²) in [6.07, 6.45) is 0.163. The number of hydrogen-bond donors (Lipinski definition) is 2. The van der Waals surface area contributed by atoms with Crippen molar-refractivity contribution in [1.82, 2.24) is 4.72 Å². The van der Waals surface area contributed by atoms with Crippen LogP contribution in [0.5, 0.6) is 0 Å². The number of para-hydroxylation sites is 1. The van der Waals surface area contributed by atoms with Gasteiger partial charge in [0, 0.05) is 5.69 Å². The molecule has 0 aromatic heterocycles. The van der Waals surface area contributed by atoms with Gasteiger partial charge in [-0.2, -0.15) is 4.72 Å². The van der Waals surface area contributed by atoms with Crippen LogP contribution in [0, 0.1) is 12.7 Å². The van der Waals surface area contributed by atoms with Crippen LogP contribution in [-0.4, -0.2) is 20.4 Å². The van der Waals surface area contributed by atoms with E-state index in [9.17, 15) is 17.6 Å². The summed E-state index contributed by atoms with van der Waals surface area (Å²) >= 11 is 0. The Kier molecular flexibility index (Phi) is 7.43. The molecule has 0 saturated carbocycles. The normalized spacial score (nSPS) is 12.5. The Hall–Kier alpha value is -3.03. The van der Waals surface area contributed by atoms with Crippen molar-refractivity contribution in [1.29, 1.82) is 0 Å². The fourth-order valence-electron chi connectivity index (χ4n) is 3.46. The third-order valence-corrected chi connectivity index (χ3v) is 6.68. The van der Waals surface area contributed by atoms with Crippen LogP contribution in [0.2, 0.25) is 0 Å². The topological polar surface area (TPSA) is 75.3 Å². The summed E-state index contributed by atoms with van der Waals surface area (Å²) in [5.41, 5.74) is 3.36. The van der Waals surface area contributed by atoms with Crippen molar-refractivity contribution in [3.8, 4) is 0 Å². The smallest absolute Gasteiger partial charge is 0.242 e. The minimum atomic E-state index is -4.05. The van der Waals surface area contributed by atoms with Gasteiger partial charge in [-0.15, -0.1) is 0 Å². The van der Waals surface area contributed by atoms with Crippen molar-refractivity contribution in [2.75, 3.05) is 5.32 Å². The molecule has 0 aliphatic heterocycles. The minimum Gasteiger partial charge on any atom is -0.324 e. The molecule has 2 N–H and O–H groups in total. The molecule has 0 bridgehead atoms. The number of anilines is 1. The van der Waals surface area contributed by atoms with Crippen molar-refractivity contribution < 1.29 is 17.6 Å². The van der Waals surface area contributed by atoms with Crippen molar-refractivity contribution in [3.63, 3.8) is 0 Å². The monoisotopic (exact) mass is 454 g/mol. The summed E-state index contributed by atoms with van der Waals surface area (Å²) in [5, 5.41) is 2.94. The van der Waals surface area contributed by atoms with E-state index in [0.29, 0.717) is 5.69 Å². The van der Waals surface area contributed by atoms with E-state index in [-0.39, 0.29) is 17.2 Å². The second-order valence-corrected chi connectivity index (χ2v) is 9.71. The van der Waals surface area contributed by atoms with Crippen molar-refractivity contribution in [2.24, 2.45) is 0 Å². The van der Waals surface area contributed by atoms with Crippen molar-refractivity contribution >= 4 is 21.6 Å². The molecule has 0 saturated heterocycles. The zero-order chi connectivity index (χ0) is 23.3. The number of aryl methyl sites for hydroxylation is 1. The first-order chi connectivity index (χ1) is 15.2. The zero-order valence-corrected chi connectivity index (χ0v) is 19.1. The molecular weight excluding hydrogens is 427 g/mol. The molecule has 3 aromatic carbocycles. The number of sulfonamides is 1. The highest BCUT2D eigenvalue weighted by atomic mass is 32.2. The first-order valence-corrected chi connectivity index (χ1v) is 11.9. The number of carbonyl (C=O) groups is 1. The Balaban J connectivity index is 1.93. The fourth-order valence-corrected chi connectivity index (χ4v) is 4.65. The van der Waals surface area contributed by atoms with Gasteiger partial charge in [0.1, 0.15) is 11.9 Å². The molecule has 7 heteroatoms. The number of carbonyl (C=O) groups excluding carboxylic acids is 1. The molecule has 0 unspecified atom stereocenters. The lowest BCUT2D eigenvalue weighted by Gasteiger charge is -2.22. The van der Waals surface area contributed by atoms with E-state index in [2.05, 4.69) is 10.0 Å². The summed E-state index contributed by atoms with van der Waals surface area (Å²) in [6, 6.07) is 18.4. The molecule has 0 radical (unpaired) electrons. The quantitative estimate of drug-likeness (QED) is 0.514. The van der Waals surface area contributed by atoms with Gasteiger partial charge in [0.25, 0.3) is 0 Å². The lowest BCUT2D eigenvalue weighted by molar-refractivity contribution is -0.117. The van der Waals surface area contributed by atoms with Crippen LogP contribution in [0.4, 0.5) is 10.1 Å². The van der Waals surface area contributed by atoms with Crippen LogP contribution in [0.3, 0.4) is 0 Å². The van der Waals surface area contributed by atoms with E-state index in [1.54, 1.807) is 0 Å². The first kappa shape index (κ1) is 23.6. The Morgan fingerprint density at radius 3 is 2.22 bits per heavy atom. The van der Waals surface area contributed by atoms with Gasteiger partial charge in [0.15, 0.2) is 0 Å². The van der Waals surface area contributed by atoms with Crippen LogP contribution in [0.1, 0.15) is 36.5 Å². The SMILES string of the molecule is Cc1cccc(C(C)C)c1NC(=O)[C@H](Cc1ccccc1)NS(=O)(=O)c1ccc(F)cc1. The maximum Gasteiger partial charge on any atom is 0.242 e. The number of amides is 1. The molecule has 168 valence electrons. The average Bonchev–Trinajstić information content (AvgIpc) is 2.75. The van der Waals surface area contributed by atoms with Crippen LogP contribution < -0.4 is 10.0 Å². The minimum absolute atomic E-state index is 0.108. The highest BCUT2D eigenvalue weighted by molar-refractivity contribution is 7.89. The molecule has 3 aromatic rings. The zero-order valence-electron chi connectivity index (χ0n) is 18.3. The Labute approximate surface area is 188 Å².